The summed E-state index contributed by atoms with van der Waals surface area (Å²) in [6.07, 6.45) is 4.42. The second kappa shape index (κ2) is 6.55. The molecular weight excluding hydrogens is 378 g/mol. The van der Waals surface area contributed by atoms with Gasteiger partial charge in [-0.3, -0.25) is 4.98 Å². The van der Waals surface area contributed by atoms with Crippen LogP contribution < -0.4 is 5.32 Å². The molecule has 0 amide bonds. The molecule has 0 aliphatic carbocycles. The number of nitrogens with one attached hydrogen (secondary N) is 1. The Morgan fingerprint density at radius 2 is 2.11 bits per heavy atom. The number of fused-ring (bicyclic) bond motifs is 1. The van der Waals surface area contributed by atoms with E-state index in [1.807, 2.05) is 6.07 Å². The smallest absolute Gasteiger partial charge is 0.158 e. The molecule has 144 valence electrons. The molecule has 8 heteroatoms. The standard InChI is InChI=1S/C20H20ClN5O2/c1-26-10-20(11-26)7-13(9-28-20)23-19-16-8-22-5-4-14(16)18(24-25-19)15-3-2-12(21)6-17(15)27/h2-6,8,13,27H,7,9-11H2,1H3,(H,23,25). The number of hydrogen-bond acceptors (Lipinski definition) is 7. The molecule has 4 heterocycles. The zero-order valence-electron chi connectivity index (χ0n) is 15.4. The van der Waals surface area contributed by atoms with Crippen LogP contribution in [0.25, 0.3) is 22.0 Å². The Hall–Kier alpha value is -2.48. The maximum Gasteiger partial charge on any atom is 0.158 e. The summed E-state index contributed by atoms with van der Waals surface area (Å²) in [6.45, 7) is 2.58. The third-order valence-electron chi connectivity index (χ3n) is 5.46. The number of halogens is 1. The summed E-state index contributed by atoms with van der Waals surface area (Å²) in [4.78, 5) is 6.51. The van der Waals surface area contributed by atoms with E-state index >= 15 is 0 Å². The van der Waals surface area contributed by atoms with E-state index in [2.05, 4.69) is 32.4 Å². The summed E-state index contributed by atoms with van der Waals surface area (Å²) in [5, 5.41) is 24.8. The fraction of sp³-hybridized carbons (Fsp3) is 0.350. The first-order valence-electron chi connectivity index (χ1n) is 9.21. The van der Waals surface area contributed by atoms with E-state index < -0.39 is 0 Å². The van der Waals surface area contributed by atoms with Crippen LogP contribution in [0, 0.1) is 0 Å². The van der Waals surface area contributed by atoms with E-state index in [1.54, 1.807) is 24.5 Å². The minimum atomic E-state index is -0.0249. The zero-order valence-corrected chi connectivity index (χ0v) is 16.1. The fourth-order valence-electron chi connectivity index (χ4n) is 4.30. The van der Waals surface area contributed by atoms with Gasteiger partial charge >= 0.3 is 0 Å². The van der Waals surface area contributed by atoms with Crippen LogP contribution in [0.2, 0.25) is 5.02 Å². The molecule has 3 aromatic rings. The molecule has 0 saturated carbocycles. The molecule has 5 rings (SSSR count). The maximum atomic E-state index is 10.3. The van der Waals surface area contributed by atoms with Crippen LogP contribution in [-0.2, 0) is 4.74 Å². The summed E-state index contributed by atoms with van der Waals surface area (Å²) >= 11 is 5.96. The minimum Gasteiger partial charge on any atom is -0.507 e. The molecule has 1 spiro atoms. The van der Waals surface area contributed by atoms with Crippen LogP contribution in [0.15, 0.2) is 36.7 Å². The lowest BCUT2D eigenvalue weighted by Crippen LogP contribution is -2.59. The van der Waals surface area contributed by atoms with Gasteiger partial charge in [-0.25, -0.2) is 0 Å². The van der Waals surface area contributed by atoms with Gasteiger partial charge in [0.2, 0.25) is 0 Å². The first-order valence-corrected chi connectivity index (χ1v) is 9.59. The quantitative estimate of drug-likeness (QED) is 0.703. The Labute approximate surface area is 167 Å². The summed E-state index contributed by atoms with van der Waals surface area (Å²) in [7, 11) is 2.10. The van der Waals surface area contributed by atoms with Crippen molar-refractivity contribution in [2.24, 2.45) is 0 Å². The van der Waals surface area contributed by atoms with Gasteiger partial charge in [0.05, 0.1) is 18.2 Å². The molecule has 0 radical (unpaired) electrons. The molecule has 2 fully saturated rings. The van der Waals surface area contributed by atoms with Crippen LogP contribution >= 0.6 is 11.6 Å². The van der Waals surface area contributed by atoms with E-state index in [4.69, 9.17) is 16.3 Å². The summed E-state index contributed by atoms with van der Waals surface area (Å²) in [5.41, 5.74) is 1.15. The summed E-state index contributed by atoms with van der Waals surface area (Å²) < 4.78 is 6.05. The first-order chi connectivity index (χ1) is 13.5. The van der Waals surface area contributed by atoms with Gasteiger partial charge in [0.15, 0.2) is 5.82 Å². The van der Waals surface area contributed by atoms with Gasteiger partial charge in [0.25, 0.3) is 0 Å². The lowest BCUT2D eigenvalue weighted by molar-refractivity contribution is -0.100. The number of likely N-dealkylation sites (tertiary alicyclic amines) is 1. The molecule has 1 aromatic carbocycles. The number of anilines is 1. The topological polar surface area (TPSA) is 83.4 Å². The van der Waals surface area contributed by atoms with Crippen molar-refractivity contribution < 1.29 is 9.84 Å². The molecule has 2 saturated heterocycles. The van der Waals surface area contributed by atoms with Crippen LogP contribution in [0.5, 0.6) is 5.75 Å². The number of benzene rings is 1. The van der Waals surface area contributed by atoms with Gasteiger partial charge in [0, 0.05) is 53.3 Å². The minimum absolute atomic E-state index is 0.0249. The monoisotopic (exact) mass is 397 g/mol. The number of ether oxygens (including phenoxy) is 1. The number of rotatable bonds is 3. The number of likely N-dealkylation sites (N-methyl/N-ethyl adjacent to an activating group) is 1. The third-order valence-corrected chi connectivity index (χ3v) is 5.70. The molecule has 28 heavy (non-hydrogen) atoms. The van der Waals surface area contributed by atoms with E-state index in [1.165, 1.54) is 6.07 Å². The van der Waals surface area contributed by atoms with Crippen LogP contribution in [0.4, 0.5) is 5.82 Å². The van der Waals surface area contributed by atoms with Crippen LogP contribution in [0.3, 0.4) is 0 Å². The summed E-state index contributed by atoms with van der Waals surface area (Å²) in [5.74, 6) is 0.750. The molecule has 2 N–H and O–H groups in total. The Bertz CT molecular complexity index is 1050. The Morgan fingerprint density at radius 3 is 2.89 bits per heavy atom. The number of phenols is 1. The average molecular weight is 398 g/mol. The highest BCUT2D eigenvalue weighted by atomic mass is 35.5. The number of aromatic hydroxyl groups is 1. The van der Waals surface area contributed by atoms with E-state index in [0.29, 0.717) is 28.7 Å². The SMILES string of the molecule is CN1CC2(CC(Nc3nnc(-c4ccc(Cl)cc4O)c4ccncc34)CO2)C1. The lowest BCUT2D eigenvalue weighted by atomic mass is 9.90. The number of nitrogens with zero attached hydrogens (tertiary/aromatic N) is 4. The molecule has 0 bridgehead atoms. The fourth-order valence-corrected chi connectivity index (χ4v) is 4.46. The van der Waals surface area contributed by atoms with E-state index in [-0.39, 0.29) is 17.4 Å². The van der Waals surface area contributed by atoms with Gasteiger partial charge in [-0.2, -0.15) is 0 Å². The third kappa shape index (κ3) is 2.96. The Morgan fingerprint density at radius 1 is 1.25 bits per heavy atom. The first kappa shape index (κ1) is 17.6. The second-order valence-corrected chi connectivity index (χ2v) is 8.13. The molecule has 2 aliphatic heterocycles. The second-order valence-electron chi connectivity index (χ2n) is 7.69. The van der Waals surface area contributed by atoms with Crippen molar-refractivity contribution in [3.05, 3.63) is 41.7 Å². The van der Waals surface area contributed by atoms with Gasteiger partial charge in [0.1, 0.15) is 11.4 Å². The highest BCUT2D eigenvalue weighted by molar-refractivity contribution is 6.30. The van der Waals surface area contributed by atoms with Crippen LogP contribution in [-0.4, -0.2) is 63.6 Å². The highest BCUT2D eigenvalue weighted by Crippen LogP contribution is 2.38. The highest BCUT2D eigenvalue weighted by Gasteiger charge is 2.48. The van der Waals surface area contributed by atoms with Crippen molar-refractivity contribution in [1.82, 2.24) is 20.1 Å². The van der Waals surface area contributed by atoms with Gasteiger partial charge < -0.3 is 20.1 Å². The van der Waals surface area contributed by atoms with Gasteiger partial charge in [-0.1, -0.05) is 11.6 Å². The number of pyridine rings is 1. The molecule has 1 atom stereocenters. The van der Waals surface area contributed by atoms with Crippen molar-refractivity contribution in [1.29, 1.82) is 0 Å². The number of phenolic OH excluding ortho intramolecular Hbond substituents is 1. The van der Waals surface area contributed by atoms with E-state index in [9.17, 15) is 5.11 Å². The zero-order chi connectivity index (χ0) is 19.3. The van der Waals surface area contributed by atoms with Gasteiger partial charge in [-0.05, 0) is 31.3 Å². The molecular formula is C20H20ClN5O2. The molecule has 2 aliphatic rings. The molecule has 1 unspecified atom stereocenters. The number of hydrogen-bond donors (Lipinski definition) is 2. The Kier molecular flexibility index (Phi) is 4.12. The lowest BCUT2D eigenvalue weighted by Gasteiger charge is -2.45. The molecule has 7 nitrogen and oxygen atoms in total. The van der Waals surface area contributed by atoms with Crippen molar-refractivity contribution in [2.45, 2.75) is 18.1 Å². The predicted octanol–water partition coefficient (Wildman–Crippen LogP) is 2.94. The van der Waals surface area contributed by atoms with Crippen molar-refractivity contribution in [2.75, 3.05) is 32.1 Å². The average Bonchev–Trinajstić information content (AvgIpc) is 3.06. The number of aromatic nitrogens is 3. The predicted molar refractivity (Wildman–Crippen MR) is 108 cm³/mol. The maximum absolute atomic E-state index is 10.3. The largest absolute Gasteiger partial charge is 0.507 e. The van der Waals surface area contributed by atoms with Crippen LogP contribution in [0.1, 0.15) is 6.42 Å². The van der Waals surface area contributed by atoms with E-state index in [0.717, 1.165) is 30.3 Å². The normalized spacial score (nSPS) is 21.1. The molecule has 2 aromatic heterocycles. The van der Waals surface area contributed by atoms with Crippen molar-refractivity contribution >= 4 is 28.2 Å². The van der Waals surface area contributed by atoms with Crippen molar-refractivity contribution in [3.63, 3.8) is 0 Å². The summed E-state index contributed by atoms with van der Waals surface area (Å²) in [6, 6.07) is 7.04. The van der Waals surface area contributed by atoms with Gasteiger partial charge in [-0.15, -0.1) is 10.2 Å². The Balaban J connectivity index is 1.48. The van der Waals surface area contributed by atoms with Crippen molar-refractivity contribution in [3.8, 4) is 17.0 Å².